The average molecular weight is 230 g/mol. The zero-order chi connectivity index (χ0) is 12.0. The maximum Gasteiger partial charge on any atom is 0.335 e. The van der Waals surface area contributed by atoms with E-state index in [1.807, 2.05) is 0 Å². The molecule has 0 aliphatic heterocycles. The molecule has 2 N–H and O–H groups in total. The molecule has 0 unspecified atom stereocenters. The van der Waals surface area contributed by atoms with E-state index in [1.54, 1.807) is 6.07 Å². The number of nitrogens with one attached hydrogen (secondary N) is 1. The monoisotopic (exact) mass is 230 g/mol. The zero-order valence-corrected chi connectivity index (χ0v) is 8.57. The minimum absolute atomic E-state index is 0.164. The quantitative estimate of drug-likeness (QED) is 0.675. The summed E-state index contributed by atoms with van der Waals surface area (Å²) in [5.41, 5.74) is 1.31. The van der Waals surface area contributed by atoms with Crippen LogP contribution < -0.4 is 0 Å². The highest BCUT2D eigenvalue weighted by molar-refractivity contribution is 6.08. The van der Waals surface area contributed by atoms with Crippen molar-refractivity contribution >= 4 is 27.8 Å². The van der Waals surface area contributed by atoms with E-state index in [1.165, 1.54) is 18.3 Å². The van der Waals surface area contributed by atoms with Gasteiger partial charge in [-0.05, 0) is 12.1 Å². The van der Waals surface area contributed by atoms with Gasteiger partial charge in [0.1, 0.15) is 0 Å². The van der Waals surface area contributed by atoms with Crippen molar-refractivity contribution in [1.82, 2.24) is 9.97 Å². The Morgan fingerprint density at radius 2 is 2.12 bits per heavy atom. The Morgan fingerprint density at radius 1 is 1.29 bits per heavy atom. The van der Waals surface area contributed by atoms with Crippen molar-refractivity contribution in [3.05, 3.63) is 42.0 Å². The van der Waals surface area contributed by atoms with Gasteiger partial charge in [-0.15, -0.1) is 0 Å². The van der Waals surface area contributed by atoms with Crippen molar-refractivity contribution in [2.45, 2.75) is 0 Å². The molecule has 0 aliphatic rings. The minimum atomic E-state index is -1.01. The second kappa shape index (κ2) is 3.28. The number of aromatic carboxylic acids is 1. The van der Waals surface area contributed by atoms with Gasteiger partial charge >= 0.3 is 5.97 Å². The van der Waals surface area contributed by atoms with Crippen molar-refractivity contribution in [2.24, 2.45) is 0 Å². The van der Waals surface area contributed by atoms with Gasteiger partial charge in [-0.1, -0.05) is 6.07 Å². The van der Waals surface area contributed by atoms with Gasteiger partial charge in [-0.3, -0.25) is 4.98 Å². The second-order valence-electron chi connectivity index (χ2n) is 3.73. The molecular formula is C12H7FN2O2. The van der Waals surface area contributed by atoms with Gasteiger partial charge in [0.05, 0.1) is 23.5 Å². The van der Waals surface area contributed by atoms with Crippen molar-refractivity contribution in [3.8, 4) is 0 Å². The number of hydrogen-bond acceptors (Lipinski definition) is 2. The fourth-order valence-electron chi connectivity index (χ4n) is 1.95. The highest BCUT2D eigenvalue weighted by Crippen LogP contribution is 2.27. The lowest BCUT2D eigenvalue weighted by atomic mass is 10.1. The van der Waals surface area contributed by atoms with Gasteiger partial charge < -0.3 is 10.1 Å². The van der Waals surface area contributed by atoms with Gasteiger partial charge in [0.25, 0.3) is 0 Å². The van der Waals surface area contributed by atoms with Crippen molar-refractivity contribution in [3.63, 3.8) is 0 Å². The molecule has 2 heterocycles. The molecular weight excluding hydrogens is 223 g/mol. The number of H-pyrrole nitrogens is 1. The predicted octanol–water partition coefficient (Wildman–Crippen LogP) is 2.55. The first-order valence-corrected chi connectivity index (χ1v) is 4.95. The van der Waals surface area contributed by atoms with Crippen LogP contribution >= 0.6 is 0 Å². The molecule has 0 saturated heterocycles. The number of pyridine rings is 1. The summed E-state index contributed by atoms with van der Waals surface area (Å²) in [4.78, 5) is 17.5. The van der Waals surface area contributed by atoms with Crippen LogP contribution in [0.4, 0.5) is 4.39 Å². The summed E-state index contributed by atoms with van der Waals surface area (Å²) in [5.74, 6) is -1.43. The molecule has 17 heavy (non-hydrogen) atoms. The van der Waals surface area contributed by atoms with Crippen LogP contribution in [0.5, 0.6) is 0 Å². The fraction of sp³-hybridized carbons (Fsp3) is 0. The molecule has 84 valence electrons. The van der Waals surface area contributed by atoms with Crippen LogP contribution in [-0.2, 0) is 0 Å². The number of carboxylic acid groups (broad SMARTS) is 1. The molecule has 0 spiro atoms. The molecule has 3 aromatic rings. The van der Waals surface area contributed by atoms with E-state index in [4.69, 9.17) is 5.11 Å². The van der Waals surface area contributed by atoms with E-state index in [0.29, 0.717) is 21.8 Å². The maximum absolute atomic E-state index is 13.6. The number of aromatic nitrogens is 2. The molecule has 0 fully saturated rings. The Bertz CT molecular complexity index is 749. The van der Waals surface area contributed by atoms with Crippen LogP contribution in [0, 0.1) is 5.82 Å². The van der Waals surface area contributed by atoms with E-state index in [0.717, 1.165) is 6.20 Å². The molecule has 1 aromatic carbocycles. The van der Waals surface area contributed by atoms with Gasteiger partial charge in [-0.25, -0.2) is 9.18 Å². The molecule has 3 rings (SSSR count). The van der Waals surface area contributed by atoms with Gasteiger partial charge in [0.15, 0.2) is 5.82 Å². The highest BCUT2D eigenvalue weighted by atomic mass is 19.1. The number of hydrogen-bond donors (Lipinski definition) is 2. The number of nitrogens with zero attached hydrogens (tertiary/aromatic N) is 1. The lowest BCUT2D eigenvalue weighted by Gasteiger charge is -1.95. The molecule has 0 atom stereocenters. The summed E-state index contributed by atoms with van der Waals surface area (Å²) in [6.07, 6.45) is 2.65. The molecule has 0 radical (unpaired) electrons. The van der Waals surface area contributed by atoms with Crippen molar-refractivity contribution in [1.29, 1.82) is 0 Å². The summed E-state index contributed by atoms with van der Waals surface area (Å²) < 4.78 is 13.6. The molecule has 0 amide bonds. The number of carboxylic acids is 1. The molecule has 2 aromatic heterocycles. The Morgan fingerprint density at radius 3 is 2.88 bits per heavy atom. The molecule has 0 saturated carbocycles. The Balaban J connectivity index is 2.44. The first-order valence-electron chi connectivity index (χ1n) is 4.95. The number of halogens is 1. The third-order valence-corrected chi connectivity index (χ3v) is 2.70. The normalized spacial score (nSPS) is 11.1. The van der Waals surface area contributed by atoms with E-state index in [-0.39, 0.29) is 5.56 Å². The van der Waals surface area contributed by atoms with E-state index >= 15 is 0 Å². The topological polar surface area (TPSA) is 66.0 Å². The summed E-state index contributed by atoms with van der Waals surface area (Å²) in [7, 11) is 0. The second-order valence-corrected chi connectivity index (χ2v) is 3.73. The Hall–Kier alpha value is -2.43. The van der Waals surface area contributed by atoms with Gasteiger partial charge in [0.2, 0.25) is 0 Å². The largest absolute Gasteiger partial charge is 0.478 e. The first-order chi connectivity index (χ1) is 8.16. The summed E-state index contributed by atoms with van der Waals surface area (Å²) in [6, 6.07) is 4.54. The van der Waals surface area contributed by atoms with Crippen LogP contribution in [0.3, 0.4) is 0 Å². The Kier molecular flexibility index (Phi) is 1.89. The number of carbonyl (C=O) groups is 1. The van der Waals surface area contributed by atoms with E-state index in [9.17, 15) is 9.18 Å². The zero-order valence-electron chi connectivity index (χ0n) is 8.57. The van der Waals surface area contributed by atoms with Gasteiger partial charge in [0, 0.05) is 16.3 Å². The number of fused-ring (bicyclic) bond motifs is 3. The van der Waals surface area contributed by atoms with Crippen LogP contribution in [-0.4, -0.2) is 21.0 Å². The number of rotatable bonds is 1. The third kappa shape index (κ3) is 1.36. The Labute approximate surface area is 94.7 Å². The standard InChI is InChI=1S/C12H7FN2O2/c13-8-4-14-5-10-11(8)7-2-1-6(12(16)17)3-9(7)15-10/h1-5,15H,(H,16,17). The van der Waals surface area contributed by atoms with E-state index in [2.05, 4.69) is 9.97 Å². The highest BCUT2D eigenvalue weighted by Gasteiger charge is 2.11. The molecule has 4 nitrogen and oxygen atoms in total. The van der Waals surface area contributed by atoms with E-state index < -0.39 is 11.8 Å². The SMILES string of the molecule is O=C(O)c1ccc2c(c1)[nH]c1cncc(F)c12. The predicted molar refractivity (Wildman–Crippen MR) is 60.5 cm³/mol. The summed E-state index contributed by atoms with van der Waals surface area (Å²) in [5, 5.41) is 9.97. The average Bonchev–Trinajstić information content (AvgIpc) is 2.67. The lowest BCUT2D eigenvalue weighted by molar-refractivity contribution is 0.0697. The molecule has 0 aliphatic carbocycles. The smallest absolute Gasteiger partial charge is 0.335 e. The summed E-state index contributed by atoms with van der Waals surface area (Å²) >= 11 is 0. The van der Waals surface area contributed by atoms with Crippen LogP contribution in [0.2, 0.25) is 0 Å². The maximum atomic E-state index is 13.6. The van der Waals surface area contributed by atoms with Crippen molar-refractivity contribution in [2.75, 3.05) is 0 Å². The van der Waals surface area contributed by atoms with Gasteiger partial charge in [-0.2, -0.15) is 0 Å². The number of aromatic amines is 1. The van der Waals surface area contributed by atoms with Crippen LogP contribution in [0.25, 0.3) is 21.8 Å². The summed E-state index contributed by atoms with van der Waals surface area (Å²) in [6.45, 7) is 0. The van der Waals surface area contributed by atoms with Crippen molar-refractivity contribution < 1.29 is 14.3 Å². The number of benzene rings is 1. The molecule has 0 bridgehead atoms. The minimum Gasteiger partial charge on any atom is -0.478 e. The van der Waals surface area contributed by atoms with Crippen LogP contribution in [0.1, 0.15) is 10.4 Å². The fourth-order valence-corrected chi connectivity index (χ4v) is 1.95. The molecule has 5 heteroatoms. The third-order valence-electron chi connectivity index (χ3n) is 2.70. The first kappa shape index (κ1) is 9.77. The van der Waals surface area contributed by atoms with Crippen LogP contribution in [0.15, 0.2) is 30.6 Å². The lowest BCUT2D eigenvalue weighted by Crippen LogP contribution is -1.94.